The molecule has 0 heterocycles. The smallest absolute Gasteiger partial charge is 0.168 e. The van der Waals surface area contributed by atoms with E-state index in [9.17, 15) is 9.90 Å². The highest BCUT2D eigenvalue weighted by molar-refractivity contribution is 6.29. The predicted octanol–water partition coefficient (Wildman–Crippen LogP) is 3.31. The molecule has 1 aromatic carbocycles. The number of carbonyl (C=O) groups excluding carboxylic acids is 1. The molecule has 1 aromatic rings. The van der Waals surface area contributed by atoms with Crippen LogP contribution in [0.4, 0.5) is 0 Å². The Balaban J connectivity index is 2.48. The topological polar surface area (TPSA) is 49.7 Å². The summed E-state index contributed by atoms with van der Waals surface area (Å²) < 4.78 is 0. The van der Waals surface area contributed by atoms with Crippen LogP contribution in [-0.2, 0) is 4.79 Å². The molecule has 1 aliphatic carbocycles. The SMILES string of the molecule is CN=C(C1=C(O)CC(C)(C)CC1=O)c1ccccc1. The average Bonchev–Trinajstić information content (AvgIpc) is 2.33. The van der Waals surface area contributed by atoms with Crippen molar-refractivity contribution in [1.29, 1.82) is 0 Å². The minimum atomic E-state index is -0.180. The molecule has 2 rings (SSSR count). The van der Waals surface area contributed by atoms with Crippen molar-refractivity contribution in [1.82, 2.24) is 0 Å². The van der Waals surface area contributed by atoms with Crippen molar-refractivity contribution in [2.45, 2.75) is 26.7 Å². The zero-order chi connectivity index (χ0) is 14.0. The summed E-state index contributed by atoms with van der Waals surface area (Å²) in [5.74, 6) is 0.129. The van der Waals surface area contributed by atoms with Crippen LogP contribution in [0.15, 0.2) is 46.7 Å². The quantitative estimate of drug-likeness (QED) is 0.826. The van der Waals surface area contributed by atoms with Gasteiger partial charge in [-0.15, -0.1) is 0 Å². The molecule has 0 spiro atoms. The summed E-state index contributed by atoms with van der Waals surface area (Å²) in [6.45, 7) is 3.98. The van der Waals surface area contributed by atoms with Crippen LogP contribution in [0.5, 0.6) is 0 Å². The molecule has 0 atom stereocenters. The largest absolute Gasteiger partial charge is 0.511 e. The van der Waals surface area contributed by atoms with Gasteiger partial charge < -0.3 is 5.11 Å². The van der Waals surface area contributed by atoms with Gasteiger partial charge in [0, 0.05) is 25.5 Å². The van der Waals surface area contributed by atoms with E-state index >= 15 is 0 Å². The molecule has 1 N–H and O–H groups in total. The van der Waals surface area contributed by atoms with Crippen molar-refractivity contribution in [3.8, 4) is 0 Å². The summed E-state index contributed by atoms with van der Waals surface area (Å²) in [6.07, 6.45) is 0.957. The Kier molecular flexibility index (Phi) is 3.56. The van der Waals surface area contributed by atoms with Crippen LogP contribution < -0.4 is 0 Å². The number of allylic oxidation sites excluding steroid dienone is 2. The van der Waals surface area contributed by atoms with Crippen molar-refractivity contribution < 1.29 is 9.90 Å². The summed E-state index contributed by atoms with van der Waals surface area (Å²) in [5, 5.41) is 10.2. The molecule has 100 valence electrons. The average molecular weight is 257 g/mol. The zero-order valence-electron chi connectivity index (χ0n) is 11.6. The van der Waals surface area contributed by atoms with Crippen LogP contribution in [0.3, 0.4) is 0 Å². The highest BCUT2D eigenvalue weighted by Crippen LogP contribution is 2.36. The lowest BCUT2D eigenvalue weighted by Crippen LogP contribution is -2.29. The van der Waals surface area contributed by atoms with E-state index in [0.29, 0.717) is 24.1 Å². The third-order valence-electron chi connectivity index (χ3n) is 3.36. The maximum atomic E-state index is 12.3. The molecule has 3 nitrogen and oxygen atoms in total. The highest BCUT2D eigenvalue weighted by Gasteiger charge is 2.35. The number of hydrogen-bond acceptors (Lipinski definition) is 3. The molecule has 3 heteroatoms. The number of aliphatic imine (C=N–C) groups is 1. The van der Waals surface area contributed by atoms with E-state index in [-0.39, 0.29) is 17.0 Å². The first kappa shape index (κ1) is 13.5. The van der Waals surface area contributed by atoms with Crippen LogP contribution >= 0.6 is 0 Å². The number of carbonyl (C=O) groups is 1. The molecule has 0 fully saturated rings. The fraction of sp³-hybridized carbons (Fsp3) is 0.375. The van der Waals surface area contributed by atoms with Crippen molar-refractivity contribution >= 4 is 11.5 Å². The lowest BCUT2D eigenvalue weighted by Gasteiger charge is -2.30. The second kappa shape index (κ2) is 5.00. The molecule has 0 saturated carbocycles. The van der Waals surface area contributed by atoms with Gasteiger partial charge >= 0.3 is 0 Å². The molecule has 0 saturated heterocycles. The Bertz CT molecular complexity index is 553. The van der Waals surface area contributed by atoms with Gasteiger partial charge in [-0.3, -0.25) is 9.79 Å². The minimum Gasteiger partial charge on any atom is -0.511 e. The third-order valence-corrected chi connectivity index (χ3v) is 3.36. The number of nitrogens with zero attached hydrogens (tertiary/aromatic N) is 1. The van der Waals surface area contributed by atoms with Gasteiger partial charge in [0.15, 0.2) is 5.78 Å². The van der Waals surface area contributed by atoms with E-state index in [4.69, 9.17) is 0 Å². The van der Waals surface area contributed by atoms with Gasteiger partial charge in [0.05, 0.1) is 11.3 Å². The molecule has 19 heavy (non-hydrogen) atoms. The van der Waals surface area contributed by atoms with Crippen LogP contribution in [-0.4, -0.2) is 23.6 Å². The van der Waals surface area contributed by atoms with Gasteiger partial charge in [-0.2, -0.15) is 0 Å². The number of aliphatic hydroxyl groups excluding tert-OH is 1. The van der Waals surface area contributed by atoms with Crippen LogP contribution in [0.1, 0.15) is 32.3 Å². The Labute approximate surface area is 113 Å². The number of aliphatic hydroxyl groups is 1. The summed E-state index contributed by atoms with van der Waals surface area (Å²) in [5.41, 5.74) is 1.64. The Morgan fingerprint density at radius 1 is 1.21 bits per heavy atom. The zero-order valence-corrected chi connectivity index (χ0v) is 11.6. The van der Waals surface area contributed by atoms with E-state index in [1.54, 1.807) is 7.05 Å². The van der Waals surface area contributed by atoms with Crippen LogP contribution in [0.2, 0.25) is 0 Å². The first-order valence-electron chi connectivity index (χ1n) is 6.42. The summed E-state index contributed by atoms with van der Waals surface area (Å²) >= 11 is 0. The summed E-state index contributed by atoms with van der Waals surface area (Å²) in [4.78, 5) is 16.5. The van der Waals surface area contributed by atoms with Gasteiger partial charge in [0.2, 0.25) is 0 Å². The van der Waals surface area contributed by atoms with Gasteiger partial charge in [-0.1, -0.05) is 44.2 Å². The van der Waals surface area contributed by atoms with Gasteiger partial charge in [-0.25, -0.2) is 0 Å². The van der Waals surface area contributed by atoms with E-state index in [0.717, 1.165) is 5.56 Å². The lowest BCUT2D eigenvalue weighted by molar-refractivity contribution is -0.117. The van der Waals surface area contributed by atoms with Crippen molar-refractivity contribution in [3.05, 3.63) is 47.2 Å². The summed E-state index contributed by atoms with van der Waals surface area (Å²) in [7, 11) is 1.65. The first-order chi connectivity index (χ1) is 8.94. The molecule has 0 amide bonds. The van der Waals surface area contributed by atoms with Gasteiger partial charge in [0.25, 0.3) is 0 Å². The lowest BCUT2D eigenvalue weighted by atomic mass is 9.75. The fourth-order valence-electron chi connectivity index (χ4n) is 2.54. The number of Topliss-reactive ketones (excluding diaryl/α,β-unsaturated/α-hetero) is 1. The normalized spacial score (nSPS) is 19.7. The predicted molar refractivity (Wildman–Crippen MR) is 76.6 cm³/mol. The maximum absolute atomic E-state index is 12.3. The van der Waals surface area contributed by atoms with E-state index in [1.165, 1.54) is 0 Å². The molecule has 0 aliphatic heterocycles. The van der Waals surface area contributed by atoms with Gasteiger partial charge in [0.1, 0.15) is 5.76 Å². The number of ketones is 1. The van der Waals surface area contributed by atoms with E-state index in [2.05, 4.69) is 4.99 Å². The molecular formula is C16H19NO2. The molecule has 0 bridgehead atoms. The Morgan fingerprint density at radius 3 is 2.37 bits per heavy atom. The van der Waals surface area contributed by atoms with Crippen molar-refractivity contribution in [3.63, 3.8) is 0 Å². The van der Waals surface area contributed by atoms with Crippen molar-refractivity contribution in [2.24, 2.45) is 10.4 Å². The molecule has 0 aromatic heterocycles. The third kappa shape index (κ3) is 2.75. The Morgan fingerprint density at radius 2 is 1.84 bits per heavy atom. The summed E-state index contributed by atoms with van der Waals surface area (Å²) in [6, 6.07) is 9.51. The second-order valence-electron chi connectivity index (χ2n) is 5.70. The Hall–Kier alpha value is -1.90. The minimum absolute atomic E-state index is 0.0294. The molecule has 1 aliphatic rings. The number of rotatable bonds is 2. The molecule has 0 radical (unpaired) electrons. The number of benzene rings is 1. The molecule has 0 unspecified atom stereocenters. The van der Waals surface area contributed by atoms with Crippen LogP contribution in [0.25, 0.3) is 0 Å². The first-order valence-corrected chi connectivity index (χ1v) is 6.42. The maximum Gasteiger partial charge on any atom is 0.168 e. The van der Waals surface area contributed by atoms with E-state index < -0.39 is 0 Å². The fourth-order valence-corrected chi connectivity index (χ4v) is 2.54. The monoisotopic (exact) mass is 257 g/mol. The highest BCUT2D eigenvalue weighted by atomic mass is 16.3. The van der Waals surface area contributed by atoms with Crippen LogP contribution in [0, 0.1) is 5.41 Å². The van der Waals surface area contributed by atoms with Crippen molar-refractivity contribution in [2.75, 3.05) is 7.05 Å². The van der Waals surface area contributed by atoms with Gasteiger partial charge in [-0.05, 0) is 5.41 Å². The molecular weight excluding hydrogens is 238 g/mol. The number of hydrogen-bond donors (Lipinski definition) is 1. The second-order valence-corrected chi connectivity index (χ2v) is 5.70. The standard InChI is InChI=1S/C16H19NO2/c1-16(2)9-12(18)14(13(19)10-16)15(17-3)11-7-5-4-6-8-11/h4-8,18H,9-10H2,1-3H3. The van der Waals surface area contributed by atoms with E-state index in [1.807, 2.05) is 44.2 Å².